The molecule has 2 nitrogen and oxygen atoms in total. The van der Waals surface area contributed by atoms with Crippen LogP contribution in [-0.4, -0.2) is 9.97 Å². The Morgan fingerprint density at radius 1 is 0.408 bits per heavy atom. The van der Waals surface area contributed by atoms with Gasteiger partial charge in [-0.25, -0.2) is 9.97 Å². The molecule has 1 aliphatic carbocycles. The third-order valence-electron chi connectivity index (χ3n) is 10.1. The lowest BCUT2D eigenvalue weighted by molar-refractivity contribution is 0.666. The van der Waals surface area contributed by atoms with E-state index < -0.39 is 0 Å². The van der Waals surface area contributed by atoms with Gasteiger partial charge in [0.25, 0.3) is 0 Å². The van der Waals surface area contributed by atoms with E-state index in [4.69, 9.17) is 9.97 Å². The van der Waals surface area contributed by atoms with Gasteiger partial charge in [0.05, 0.1) is 11.4 Å². The summed E-state index contributed by atoms with van der Waals surface area (Å²) < 4.78 is 0. The fraction of sp³-hybridized carbons (Fsp3) is 0.0638. The minimum atomic E-state index is -0.152. The molecule has 9 rings (SSSR count). The molecule has 0 bridgehead atoms. The monoisotopic (exact) mass is 626 g/mol. The van der Waals surface area contributed by atoms with Crippen molar-refractivity contribution in [3.63, 3.8) is 0 Å². The standard InChI is InChI=1S/C47H34N2/c1-47(2)41-20-12-11-19-39(41)44-40(29-37-17-9-10-18-38(37)45(44)47)43-30-42(35-25-21-33(22-26-35)31-13-5-3-6-14-31)48-46(49-43)36-27-23-34(24-28-36)32-15-7-4-8-16-32/h3-30H,1-2H3. The molecular weight excluding hydrogens is 593 g/mol. The zero-order chi connectivity index (χ0) is 33.0. The predicted molar refractivity (Wildman–Crippen MR) is 204 cm³/mol. The first kappa shape index (κ1) is 29.1. The fourth-order valence-corrected chi connectivity index (χ4v) is 7.63. The van der Waals surface area contributed by atoms with Gasteiger partial charge in [0.15, 0.2) is 5.82 Å². The molecule has 1 aromatic heterocycles. The van der Waals surface area contributed by atoms with E-state index in [1.54, 1.807) is 0 Å². The van der Waals surface area contributed by atoms with Crippen LogP contribution in [0.1, 0.15) is 25.0 Å². The molecule has 1 aliphatic rings. The van der Waals surface area contributed by atoms with E-state index in [0.29, 0.717) is 5.82 Å². The Balaban J connectivity index is 1.26. The molecule has 49 heavy (non-hydrogen) atoms. The van der Waals surface area contributed by atoms with Crippen LogP contribution >= 0.6 is 0 Å². The molecule has 232 valence electrons. The van der Waals surface area contributed by atoms with Crippen molar-refractivity contribution in [2.45, 2.75) is 19.3 Å². The predicted octanol–water partition coefficient (Wildman–Crippen LogP) is 12.3. The highest BCUT2D eigenvalue weighted by Gasteiger charge is 2.38. The van der Waals surface area contributed by atoms with Gasteiger partial charge in [0.1, 0.15) is 0 Å². The molecule has 8 aromatic rings. The molecule has 0 spiro atoms. The SMILES string of the molecule is CC1(C)c2ccccc2-c2c(-c3cc(-c4ccc(-c5ccccc5)cc4)nc(-c4ccc(-c5ccccc5)cc4)n3)cc3ccccc3c21. The van der Waals surface area contributed by atoms with Gasteiger partial charge in [0.2, 0.25) is 0 Å². The lowest BCUT2D eigenvalue weighted by atomic mass is 9.79. The van der Waals surface area contributed by atoms with Gasteiger partial charge in [-0.1, -0.05) is 172 Å². The Morgan fingerprint density at radius 3 is 1.59 bits per heavy atom. The smallest absolute Gasteiger partial charge is 0.160 e. The molecule has 0 aliphatic heterocycles. The summed E-state index contributed by atoms with van der Waals surface area (Å²) in [5.41, 5.74) is 14.9. The fourth-order valence-electron chi connectivity index (χ4n) is 7.63. The van der Waals surface area contributed by atoms with E-state index in [1.807, 2.05) is 6.07 Å². The topological polar surface area (TPSA) is 25.8 Å². The van der Waals surface area contributed by atoms with Gasteiger partial charge in [-0.15, -0.1) is 0 Å². The number of aromatic nitrogens is 2. The summed E-state index contributed by atoms with van der Waals surface area (Å²) in [6, 6.07) is 60.5. The third kappa shape index (κ3) is 4.96. The summed E-state index contributed by atoms with van der Waals surface area (Å²) in [4.78, 5) is 10.6. The second-order valence-corrected chi connectivity index (χ2v) is 13.4. The van der Waals surface area contributed by atoms with Crippen molar-refractivity contribution in [2.75, 3.05) is 0 Å². The number of fused-ring (bicyclic) bond motifs is 5. The number of rotatable bonds is 5. The van der Waals surface area contributed by atoms with E-state index in [-0.39, 0.29) is 5.41 Å². The van der Waals surface area contributed by atoms with Crippen LogP contribution in [0.15, 0.2) is 170 Å². The Morgan fingerprint density at radius 2 is 0.918 bits per heavy atom. The van der Waals surface area contributed by atoms with Crippen molar-refractivity contribution in [1.29, 1.82) is 0 Å². The molecule has 0 amide bonds. The largest absolute Gasteiger partial charge is 0.228 e. The number of benzene rings is 7. The first-order chi connectivity index (χ1) is 24.0. The van der Waals surface area contributed by atoms with Crippen molar-refractivity contribution in [3.05, 3.63) is 181 Å². The number of nitrogens with zero attached hydrogens (tertiary/aromatic N) is 2. The molecule has 0 saturated heterocycles. The van der Waals surface area contributed by atoms with Gasteiger partial charge < -0.3 is 0 Å². The Labute approximate surface area is 287 Å². The second kappa shape index (κ2) is 11.5. The van der Waals surface area contributed by atoms with Crippen LogP contribution < -0.4 is 0 Å². The van der Waals surface area contributed by atoms with Gasteiger partial charge in [-0.05, 0) is 67.4 Å². The van der Waals surface area contributed by atoms with Crippen LogP contribution in [0.3, 0.4) is 0 Å². The summed E-state index contributed by atoms with van der Waals surface area (Å²) in [5.74, 6) is 0.715. The number of hydrogen-bond acceptors (Lipinski definition) is 2. The highest BCUT2D eigenvalue weighted by Crippen LogP contribution is 2.54. The average Bonchev–Trinajstić information content (AvgIpc) is 3.42. The van der Waals surface area contributed by atoms with E-state index in [0.717, 1.165) is 28.1 Å². The maximum absolute atomic E-state index is 5.36. The van der Waals surface area contributed by atoms with Gasteiger partial charge in [-0.3, -0.25) is 0 Å². The molecule has 0 fully saturated rings. The van der Waals surface area contributed by atoms with Crippen LogP contribution in [0.2, 0.25) is 0 Å². The molecule has 0 radical (unpaired) electrons. The summed E-state index contributed by atoms with van der Waals surface area (Å²) in [7, 11) is 0. The van der Waals surface area contributed by atoms with Crippen LogP contribution in [0.5, 0.6) is 0 Å². The van der Waals surface area contributed by atoms with Crippen molar-refractivity contribution in [1.82, 2.24) is 9.97 Å². The van der Waals surface area contributed by atoms with Crippen LogP contribution in [0, 0.1) is 0 Å². The van der Waals surface area contributed by atoms with Gasteiger partial charge in [0, 0.05) is 22.1 Å². The molecule has 1 heterocycles. The highest BCUT2D eigenvalue weighted by molar-refractivity contribution is 6.04. The lowest BCUT2D eigenvalue weighted by Crippen LogP contribution is -2.15. The lowest BCUT2D eigenvalue weighted by Gasteiger charge is -2.24. The summed E-state index contributed by atoms with van der Waals surface area (Å²) in [6.07, 6.45) is 0. The molecule has 2 heteroatoms. The quantitative estimate of drug-likeness (QED) is 0.190. The first-order valence-electron chi connectivity index (χ1n) is 16.9. The minimum Gasteiger partial charge on any atom is -0.228 e. The van der Waals surface area contributed by atoms with Crippen molar-refractivity contribution >= 4 is 10.8 Å². The molecule has 0 unspecified atom stereocenters. The van der Waals surface area contributed by atoms with E-state index in [9.17, 15) is 0 Å². The Hall–Kier alpha value is -6.12. The van der Waals surface area contributed by atoms with E-state index in [1.165, 1.54) is 55.3 Å². The summed E-state index contributed by atoms with van der Waals surface area (Å²) in [6.45, 7) is 4.71. The Kier molecular flexibility index (Phi) is 6.84. The average molecular weight is 627 g/mol. The second-order valence-electron chi connectivity index (χ2n) is 13.4. The van der Waals surface area contributed by atoms with Crippen LogP contribution in [-0.2, 0) is 5.41 Å². The third-order valence-corrected chi connectivity index (χ3v) is 10.1. The van der Waals surface area contributed by atoms with Crippen molar-refractivity contribution in [3.8, 4) is 67.3 Å². The Bertz CT molecular complexity index is 2380. The first-order valence-corrected chi connectivity index (χ1v) is 16.9. The van der Waals surface area contributed by atoms with Crippen LogP contribution in [0.4, 0.5) is 0 Å². The van der Waals surface area contributed by atoms with Crippen molar-refractivity contribution < 1.29 is 0 Å². The number of hydrogen-bond donors (Lipinski definition) is 0. The van der Waals surface area contributed by atoms with Crippen molar-refractivity contribution in [2.24, 2.45) is 0 Å². The molecular formula is C47H34N2. The van der Waals surface area contributed by atoms with Gasteiger partial charge >= 0.3 is 0 Å². The van der Waals surface area contributed by atoms with E-state index in [2.05, 4.69) is 178 Å². The van der Waals surface area contributed by atoms with E-state index >= 15 is 0 Å². The maximum Gasteiger partial charge on any atom is 0.160 e. The summed E-state index contributed by atoms with van der Waals surface area (Å²) in [5, 5.41) is 2.52. The zero-order valence-corrected chi connectivity index (χ0v) is 27.6. The minimum absolute atomic E-state index is 0.152. The molecule has 0 N–H and O–H groups in total. The van der Waals surface area contributed by atoms with Crippen LogP contribution in [0.25, 0.3) is 78.1 Å². The summed E-state index contributed by atoms with van der Waals surface area (Å²) >= 11 is 0. The molecule has 0 atom stereocenters. The highest BCUT2D eigenvalue weighted by atomic mass is 14.9. The normalized spacial score (nSPS) is 12.9. The zero-order valence-electron chi connectivity index (χ0n) is 27.6. The molecule has 0 saturated carbocycles. The maximum atomic E-state index is 5.36. The molecule has 7 aromatic carbocycles. The van der Waals surface area contributed by atoms with Gasteiger partial charge in [-0.2, -0.15) is 0 Å².